The van der Waals surface area contributed by atoms with E-state index in [4.69, 9.17) is 4.42 Å². The Hall–Kier alpha value is -1.29. The zero-order valence-electron chi connectivity index (χ0n) is 12.5. The number of carbonyl (C=O) groups excluding carboxylic acids is 1. The van der Waals surface area contributed by atoms with Crippen molar-refractivity contribution in [3.8, 4) is 0 Å². The van der Waals surface area contributed by atoms with Gasteiger partial charge < -0.3 is 15.1 Å². The van der Waals surface area contributed by atoms with Crippen LogP contribution in [0.1, 0.15) is 51.7 Å². The van der Waals surface area contributed by atoms with E-state index >= 15 is 0 Å². The van der Waals surface area contributed by atoms with Crippen molar-refractivity contribution in [3.05, 3.63) is 24.2 Å². The molecule has 1 aliphatic rings. The molecule has 112 valence electrons. The zero-order valence-corrected chi connectivity index (χ0v) is 12.5. The minimum absolute atomic E-state index is 0.0315. The Morgan fingerprint density at radius 3 is 2.75 bits per heavy atom. The molecule has 4 nitrogen and oxygen atoms in total. The summed E-state index contributed by atoms with van der Waals surface area (Å²) in [5, 5.41) is 6.33. The van der Waals surface area contributed by atoms with Gasteiger partial charge in [0.2, 0.25) is 5.91 Å². The second-order valence-electron chi connectivity index (χ2n) is 5.87. The molecule has 0 bridgehead atoms. The molecule has 1 heterocycles. The lowest BCUT2D eigenvalue weighted by atomic mass is 9.84. The maximum absolute atomic E-state index is 12.0. The predicted molar refractivity (Wildman–Crippen MR) is 79.2 cm³/mol. The Bertz CT molecular complexity index is 397. The molecule has 0 saturated heterocycles. The van der Waals surface area contributed by atoms with E-state index in [1.54, 1.807) is 6.26 Å². The Labute approximate surface area is 121 Å². The van der Waals surface area contributed by atoms with E-state index in [-0.39, 0.29) is 11.9 Å². The number of rotatable bonds is 6. The molecule has 0 radical (unpaired) electrons. The molecule has 0 aliphatic heterocycles. The first-order valence-corrected chi connectivity index (χ1v) is 7.73. The van der Waals surface area contributed by atoms with Crippen LogP contribution in [0.2, 0.25) is 0 Å². The number of carbonyl (C=O) groups is 1. The quantitative estimate of drug-likeness (QED) is 0.841. The van der Waals surface area contributed by atoms with Crippen LogP contribution in [-0.4, -0.2) is 18.0 Å². The van der Waals surface area contributed by atoms with Crippen LogP contribution in [0.25, 0.3) is 0 Å². The Morgan fingerprint density at radius 1 is 1.35 bits per heavy atom. The Kier molecular flexibility index (Phi) is 5.65. The maximum Gasteiger partial charge on any atom is 0.237 e. The maximum atomic E-state index is 12.0. The summed E-state index contributed by atoms with van der Waals surface area (Å²) in [5.74, 6) is 1.53. The van der Waals surface area contributed by atoms with Crippen LogP contribution in [0.5, 0.6) is 0 Å². The van der Waals surface area contributed by atoms with E-state index in [1.807, 2.05) is 19.1 Å². The first-order chi connectivity index (χ1) is 9.66. The standard InChI is InChI=1S/C16H26N2O2/c1-12(14-7-4-3-5-8-14)18-13(2)16(19)17-11-15-9-6-10-20-15/h6,9-10,12-14,18H,3-5,7-8,11H2,1-2H3,(H,17,19)/t12-,13?/m0/s1. The summed E-state index contributed by atoms with van der Waals surface area (Å²) in [6, 6.07) is 3.93. The summed E-state index contributed by atoms with van der Waals surface area (Å²) in [5.41, 5.74) is 0. The van der Waals surface area contributed by atoms with Gasteiger partial charge in [-0.2, -0.15) is 0 Å². The van der Waals surface area contributed by atoms with E-state index in [0.29, 0.717) is 18.5 Å². The van der Waals surface area contributed by atoms with E-state index in [0.717, 1.165) is 5.76 Å². The molecule has 4 heteroatoms. The molecule has 1 fully saturated rings. The lowest BCUT2D eigenvalue weighted by molar-refractivity contribution is -0.123. The summed E-state index contributed by atoms with van der Waals surface area (Å²) in [6.45, 7) is 4.58. The molecule has 2 atom stereocenters. The Balaban J connectivity index is 1.72. The van der Waals surface area contributed by atoms with Crippen molar-refractivity contribution in [2.24, 2.45) is 5.92 Å². The summed E-state index contributed by atoms with van der Waals surface area (Å²) in [4.78, 5) is 12.0. The van der Waals surface area contributed by atoms with Gasteiger partial charge in [0, 0.05) is 6.04 Å². The highest BCUT2D eigenvalue weighted by Gasteiger charge is 2.23. The fraction of sp³-hybridized carbons (Fsp3) is 0.688. The average molecular weight is 278 g/mol. The van der Waals surface area contributed by atoms with Gasteiger partial charge in [0.25, 0.3) is 0 Å². The van der Waals surface area contributed by atoms with Crippen LogP contribution in [0.4, 0.5) is 0 Å². The van der Waals surface area contributed by atoms with Crippen molar-refractivity contribution >= 4 is 5.91 Å². The van der Waals surface area contributed by atoms with Crippen molar-refractivity contribution in [2.75, 3.05) is 0 Å². The monoisotopic (exact) mass is 278 g/mol. The van der Waals surface area contributed by atoms with Crippen molar-refractivity contribution in [1.29, 1.82) is 0 Å². The smallest absolute Gasteiger partial charge is 0.237 e. The van der Waals surface area contributed by atoms with Crippen molar-refractivity contribution < 1.29 is 9.21 Å². The molecule has 1 saturated carbocycles. The third-order valence-corrected chi connectivity index (χ3v) is 4.28. The summed E-state index contributed by atoms with van der Waals surface area (Å²) in [7, 11) is 0. The van der Waals surface area contributed by atoms with Gasteiger partial charge in [-0.3, -0.25) is 4.79 Å². The van der Waals surface area contributed by atoms with Gasteiger partial charge in [-0.1, -0.05) is 19.3 Å². The minimum atomic E-state index is -0.165. The highest BCUT2D eigenvalue weighted by molar-refractivity contribution is 5.81. The normalized spacial score (nSPS) is 19.5. The van der Waals surface area contributed by atoms with Crippen LogP contribution in [0.3, 0.4) is 0 Å². The van der Waals surface area contributed by atoms with Crippen LogP contribution in [0.15, 0.2) is 22.8 Å². The van der Waals surface area contributed by atoms with Gasteiger partial charge >= 0.3 is 0 Å². The molecule has 20 heavy (non-hydrogen) atoms. The molecule has 1 aromatic rings. The summed E-state index contributed by atoms with van der Waals surface area (Å²) >= 11 is 0. The number of hydrogen-bond acceptors (Lipinski definition) is 3. The van der Waals surface area contributed by atoms with Gasteiger partial charge in [-0.15, -0.1) is 0 Å². The number of nitrogens with one attached hydrogen (secondary N) is 2. The second-order valence-corrected chi connectivity index (χ2v) is 5.87. The third kappa shape index (κ3) is 4.37. The Morgan fingerprint density at radius 2 is 2.10 bits per heavy atom. The summed E-state index contributed by atoms with van der Waals surface area (Å²) in [6.07, 6.45) is 8.21. The van der Waals surface area contributed by atoms with Crippen molar-refractivity contribution in [3.63, 3.8) is 0 Å². The first-order valence-electron chi connectivity index (χ1n) is 7.73. The van der Waals surface area contributed by atoms with Crippen LogP contribution < -0.4 is 10.6 Å². The molecule has 2 N–H and O–H groups in total. The third-order valence-electron chi connectivity index (χ3n) is 4.28. The molecule has 1 amide bonds. The lowest BCUT2D eigenvalue weighted by Gasteiger charge is -2.30. The van der Waals surface area contributed by atoms with E-state index in [2.05, 4.69) is 17.6 Å². The van der Waals surface area contributed by atoms with Gasteiger partial charge in [0.05, 0.1) is 18.8 Å². The first kappa shape index (κ1) is 15.1. The fourth-order valence-corrected chi connectivity index (χ4v) is 2.98. The van der Waals surface area contributed by atoms with Crippen molar-refractivity contribution in [2.45, 2.75) is 64.6 Å². The largest absolute Gasteiger partial charge is 0.467 e. The molecule has 1 unspecified atom stereocenters. The van der Waals surface area contributed by atoms with E-state index < -0.39 is 0 Å². The van der Waals surface area contributed by atoms with E-state index in [1.165, 1.54) is 32.1 Å². The average Bonchev–Trinajstić information content (AvgIpc) is 2.98. The highest BCUT2D eigenvalue weighted by Crippen LogP contribution is 2.26. The molecule has 0 spiro atoms. The molecular weight excluding hydrogens is 252 g/mol. The van der Waals surface area contributed by atoms with Crippen LogP contribution in [0, 0.1) is 5.92 Å². The lowest BCUT2D eigenvalue weighted by Crippen LogP contribution is -2.48. The van der Waals surface area contributed by atoms with Crippen molar-refractivity contribution in [1.82, 2.24) is 10.6 Å². The number of hydrogen-bond donors (Lipinski definition) is 2. The topological polar surface area (TPSA) is 54.3 Å². The van der Waals surface area contributed by atoms with Crippen LogP contribution in [-0.2, 0) is 11.3 Å². The van der Waals surface area contributed by atoms with E-state index in [9.17, 15) is 4.79 Å². The number of furan rings is 1. The van der Waals surface area contributed by atoms with Gasteiger partial charge in [0.1, 0.15) is 5.76 Å². The molecule has 2 rings (SSSR count). The molecule has 1 aliphatic carbocycles. The second kappa shape index (κ2) is 7.48. The molecule has 1 aromatic heterocycles. The summed E-state index contributed by atoms with van der Waals surface area (Å²) < 4.78 is 5.20. The SMILES string of the molecule is CC(N[C@@H](C)C1CCCCC1)C(=O)NCc1ccco1. The minimum Gasteiger partial charge on any atom is -0.467 e. The fourth-order valence-electron chi connectivity index (χ4n) is 2.98. The van der Waals surface area contributed by atoms with Gasteiger partial charge in [-0.25, -0.2) is 0 Å². The van der Waals surface area contributed by atoms with Gasteiger partial charge in [0.15, 0.2) is 0 Å². The molecular formula is C16H26N2O2. The predicted octanol–water partition coefficient (Wildman–Crippen LogP) is 2.84. The number of amides is 1. The molecule has 0 aromatic carbocycles. The highest BCUT2D eigenvalue weighted by atomic mass is 16.3. The van der Waals surface area contributed by atoms with Crippen LogP contribution >= 0.6 is 0 Å². The zero-order chi connectivity index (χ0) is 14.4. The van der Waals surface area contributed by atoms with Gasteiger partial charge in [-0.05, 0) is 44.7 Å².